The molecule has 1 aliphatic rings. The topological polar surface area (TPSA) is 77.8 Å². The van der Waals surface area contributed by atoms with E-state index in [0.717, 1.165) is 12.8 Å². The molecule has 1 aliphatic carbocycles. The van der Waals surface area contributed by atoms with Crippen molar-refractivity contribution in [3.63, 3.8) is 0 Å². The maximum atomic E-state index is 10.8. The molecule has 0 aromatic rings. The number of hydrogen-bond acceptors (Lipinski definition) is 3. The molecular formula is C15H28O4. The van der Waals surface area contributed by atoms with Crippen molar-refractivity contribution in [1.82, 2.24) is 0 Å². The molecule has 0 bridgehead atoms. The fourth-order valence-electron chi connectivity index (χ4n) is 3.28. The van der Waals surface area contributed by atoms with Gasteiger partial charge in [-0.3, -0.25) is 4.79 Å². The highest BCUT2D eigenvalue weighted by Crippen LogP contribution is 2.46. The third-order valence-corrected chi connectivity index (χ3v) is 5.09. The van der Waals surface area contributed by atoms with Crippen LogP contribution in [-0.2, 0) is 4.79 Å². The molecule has 0 unspecified atom stereocenters. The highest BCUT2D eigenvalue weighted by atomic mass is 16.4. The summed E-state index contributed by atoms with van der Waals surface area (Å²) in [5.74, 6) is -0.987. The van der Waals surface area contributed by atoms with Gasteiger partial charge in [-0.25, -0.2) is 0 Å². The van der Waals surface area contributed by atoms with Crippen molar-refractivity contribution in [2.75, 3.05) is 0 Å². The Labute approximate surface area is 115 Å². The zero-order valence-electron chi connectivity index (χ0n) is 12.5. The van der Waals surface area contributed by atoms with Crippen molar-refractivity contribution >= 4 is 5.97 Å². The Morgan fingerprint density at radius 2 is 2.11 bits per heavy atom. The molecule has 112 valence electrons. The molecule has 3 N–H and O–H groups in total. The van der Waals surface area contributed by atoms with E-state index in [0.29, 0.717) is 19.3 Å². The molecule has 1 rings (SSSR count). The van der Waals surface area contributed by atoms with Gasteiger partial charge in [0.1, 0.15) is 0 Å². The van der Waals surface area contributed by atoms with Gasteiger partial charge in [-0.2, -0.15) is 0 Å². The molecule has 0 saturated heterocycles. The maximum Gasteiger partial charge on any atom is 0.306 e. The Morgan fingerprint density at radius 1 is 1.53 bits per heavy atom. The second kappa shape index (κ2) is 5.80. The Bertz CT molecular complexity index is 322. The first-order chi connectivity index (χ1) is 8.58. The van der Waals surface area contributed by atoms with E-state index in [-0.39, 0.29) is 17.8 Å². The standard InChI is InChI=1S/C15H28O4/c1-10(13(16)17)6-5-8-15(4,19)12-7-9-14(3,18)11(12)2/h10-12,18-19H,5-9H2,1-4H3,(H,16,17)/t10-,11+,12-,14+,15+/m1/s1. The van der Waals surface area contributed by atoms with Crippen molar-refractivity contribution in [2.45, 2.75) is 71.0 Å². The Morgan fingerprint density at radius 3 is 2.53 bits per heavy atom. The average molecular weight is 272 g/mol. The van der Waals surface area contributed by atoms with Gasteiger partial charge in [-0.1, -0.05) is 13.8 Å². The summed E-state index contributed by atoms with van der Waals surface area (Å²) in [5, 5.41) is 29.6. The van der Waals surface area contributed by atoms with E-state index in [1.807, 2.05) is 20.8 Å². The average Bonchev–Trinajstić information content (AvgIpc) is 2.54. The summed E-state index contributed by atoms with van der Waals surface area (Å²) >= 11 is 0. The van der Waals surface area contributed by atoms with Gasteiger partial charge >= 0.3 is 5.97 Å². The lowest BCUT2D eigenvalue weighted by molar-refractivity contribution is -0.141. The molecule has 1 saturated carbocycles. The van der Waals surface area contributed by atoms with E-state index in [1.165, 1.54) is 0 Å². The fourth-order valence-corrected chi connectivity index (χ4v) is 3.28. The third kappa shape index (κ3) is 3.93. The smallest absolute Gasteiger partial charge is 0.306 e. The highest BCUT2D eigenvalue weighted by Gasteiger charge is 2.48. The normalized spacial score (nSPS) is 35.9. The molecule has 19 heavy (non-hydrogen) atoms. The number of carboxylic acids is 1. The largest absolute Gasteiger partial charge is 0.481 e. The van der Waals surface area contributed by atoms with Crippen LogP contribution in [0.5, 0.6) is 0 Å². The highest BCUT2D eigenvalue weighted by molar-refractivity contribution is 5.69. The Balaban J connectivity index is 2.50. The minimum atomic E-state index is -0.821. The van der Waals surface area contributed by atoms with Crippen molar-refractivity contribution in [3.05, 3.63) is 0 Å². The van der Waals surface area contributed by atoms with Gasteiger partial charge in [-0.15, -0.1) is 0 Å². The zero-order chi connectivity index (χ0) is 14.8. The summed E-state index contributed by atoms with van der Waals surface area (Å²) in [7, 11) is 0. The number of carboxylic acid groups (broad SMARTS) is 1. The van der Waals surface area contributed by atoms with Crippen LogP contribution < -0.4 is 0 Å². The van der Waals surface area contributed by atoms with Crippen LogP contribution >= 0.6 is 0 Å². The zero-order valence-corrected chi connectivity index (χ0v) is 12.5. The van der Waals surface area contributed by atoms with E-state index in [4.69, 9.17) is 5.11 Å². The lowest BCUT2D eigenvalue weighted by Gasteiger charge is -2.36. The van der Waals surface area contributed by atoms with Crippen molar-refractivity contribution < 1.29 is 20.1 Å². The molecule has 0 radical (unpaired) electrons. The van der Waals surface area contributed by atoms with Gasteiger partial charge < -0.3 is 15.3 Å². The van der Waals surface area contributed by atoms with E-state index in [9.17, 15) is 15.0 Å². The second-order valence-corrected chi connectivity index (χ2v) is 6.78. The minimum Gasteiger partial charge on any atom is -0.481 e. The van der Waals surface area contributed by atoms with Gasteiger partial charge in [0.05, 0.1) is 17.1 Å². The van der Waals surface area contributed by atoms with E-state index in [2.05, 4.69) is 0 Å². The first-order valence-electron chi connectivity index (χ1n) is 7.25. The summed E-state index contributed by atoms with van der Waals surface area (Å²) in [4.78, 5) is 10.8. The lowest BCUT2D eigenvalue weighted by Crippen LogP contribution is -2.40. The lowest BCUT2D eigenvalue weighted by atomic mass is 9.76. The second-order valence-electron chi connectivity index (χ2n) is 6.78. The van der Waals surface area contributed by atoms with Gasteiger partial charge in [0.2, 0.25) is 0 Å². The number of rotatable bonds is 6. The summed E-state index contributed by atoms with van der Waals surface area (Å²) in [6.45, 7) is 7.34. The van der Waals surface area contributed by atoms with Crippen LogP contribution in [-0.4, -0.2) is 32.5 Å². The fraction of sp³-hybridized carbons (Fsp3) is 0.933. The van der Waals surface area contributed by atoms with Gasteiger partial charge in [0, 0.05) is 0 Å². The first kappa shape index (κ1) is 16.4. The van der Waals surface area contributed by atoms with Crippen LogP contribution in [0.4, 0.5) is 0 Å². The van der Waals surface area contributed by atoms with Crippen molar-refractivity contribution in [3.8, 4) is 0 Å². The predicted molar refractivity (Wildman–Crippen MR) is 73.8 cm³/mol. The molecule has 4 nitrogen and oxygen atoms in total. The van der Waals surface area contributed by atoms with Crippen LogP contribution in [0.3, 0.4) is 0 Å². The molecular weight excluding hydrogens is 244 g/mol. The molecule has 0 spiro atoms. The molecule has 0 amide bonds. The molecule has 0 aliphatic heterocycles. The third-order valence-electron chi connectivity index (χ3n) is 5.09. The van der Waals surface area contributed by atoms with Crippen molar-refractivity contribution in [1.29, 1.82) is 0 Å². The van der Waals surface area contributed by atoms with Crippen LogP contribution in [0, 0.1) is 17.8 Å². The molecule has 0 heterocycles. The van der Waals surface area contributed by atoms with Crippen LogP contribution in [0.15, 0.2) is 0 Å². The van der Waals surface area contributed by atoms with E-state index >= 15 is 0 Å². The van der Waals surface area contributed by atoms with Gasteiger partial charge in [0.15, 0.2) is 0 Å². The molecule has 5 atom stereocenters. The predicted octanol–water partition coefficient (Wildman–Crippen LogP) is 2.43. The minimum absolute atomic E-state index is 0.0689. The Kier molecular flexibility index (Phi) is 5.02. The maximum absolute atomic E-state index is 10.8. The number of aliphatic hydroxyl groups is 2. The molecule has 0 aromatic heterocycles. The molecule has 1 fully saturated rings. The van der Waals surface area contributed by atoms with Crippen LogP contribution in [0.25, 0.3) is 0 Å². The SMILES string of the molecule is C[C@H](CCC[C@](C)(O)[C@@H]1CC[C@](C)(O)[C@H]1C)C(=O)O. The van der Waals surface area contributed by atoms with Crippen LogP contribution in [0.2, 0.25) is 0 Å². The van der Waals surface area contributed by atoms with Crippen molar-refractivity contribution in [2.24, 2.45) is 17.8 Å². The molecule has 0 aromatic carbocycles. The summed E-state index contributed by atoms with van der Waals surface area (Å²) < 4.78 is 0. The summed E-state index contributed by atoms with van der Waals surface area (Å²) in [5.41, 5.74) is -1.51. The van der Waals surface area contributed by atoms with E-state index in [1.54, 1.807) is 6.92 Å². The van der Waals surface area contributed by atoms with Crippen LogP contribution in [0.1, 0.15) is 59.8 Å². The number of carbonyl (C=O) groups is 1. The molecule has 4 heteroatoms. The van der Waals surface area contributed by atoms with Gasteiger partial charge in [0.25, 0.3) is 0 Å². The number of hydrogen-bond donors (Lipinski definition) is 3. The van der Waals surface area contributed by atoms with Gasteiger partial charge in [-0.05, 0) is 57.8 Å². The quantitative estimate of drug-likeness (QED) is 0.694. The van der Waals surface area contributed by atoms with E-state index < -0.39 is 17.2 Å². The summed E-state index contributed by atoms with van der Waals surface area (Å²) in [6.07, 6.45) is 3.43. The summed E-state index contributed by atoms with van der Waals surface area (Å²) in [6, 6.07) is 0. The number of aliphatic carboxylic acids is 1. The monoisotopic (exact) mass is 272 g/mol. The Hall–Kier alpha value is -0.610. The first-order valence-corrected chi connectivity index (χ1v) is 7.25.